The van der Waals surface area contributed by atoms with Crippen LogP contribution < -0.4 is 5.32 Å². The number of hydrogen-bond donors (Lipinski definition) is 1. The van der Waals surface area contributed by atoms with E-state index in [1.54, 1.807) is 0 Å². The van der Waals surface area contributed by atoms with Crippen LogP contribution in [0.15, 0.2) is 0 Å². The summed E-state index contributed by atoms with van der Waals surface area (Å²) < 4.78 is 2.15. The van der Waals surface area contributed by atoms with Crippen molar-refractivity contribution >= 4 is 0 Å². The highest BCUT2D eigenvalue weighted by molar-refractivity contribution is 5.28. The maximum Gasteiger partial charge on any atom is 0.0644 e. The Labute approximate surface area is 92.9 Å². The first kappa shape index (κ1) is 12.2. The summed E-state index contributed by atoms with van der Waals surface area (Å²) in [5.74, 6) is 0. The molecule has 0 aliphatic rings. The van der Waals surface area contributed by atoms with Crippen molar-refractivity contribution in [2.24, 2.45) is 0 Å². The first-order valence-electron chi connectivity index (χ1n) is 5.75. The van der Waals surface area contributed by atoms with Gasteiger partial charge in [-0.15, -0.1) is 0 Å². The van der Waals surface area contributed by atoms with Crippen molar-refractivity contribution in [3.05, 3.63) is 17.0 Å². The highest BCUT2D eigenvalue weighted by atomic mass is 15.3. The predicted molar refractivity (Wildman–Crippen MR) is 64.2 cm³/mol. The summed E-state index contributed by atoms with van der Waals surface area (Å²) >= 11 is 0. The molecule has 1 rings (SSSR count). The first-order valence-corrected chi connectivity index (χ1v) is 5.75. The lowest BCUT2D eigenvalue weighted by Gasteiger charge is -2.14. The van der Waals surface area contributed by atoms with E-state index in [1.807, 2.05) is 7.05 Å². The van der Waals surface area contributed by atoms with Crippen LogP contribution >= 0.6 is 0 Å². The summed E-state index contributed by atoms with van der Waals surface area (Å²) in [6.07, 6.45) is 1.12. The van der Waals surface area contributed by atoms with E-state index in [-0.39, 0.29) is 0 Å². The predicted octanol–water partition coefficient (Wildman–Crippen LogP) is 2.75. The molecule has 1 N–H and O–H groups in total. The molecule has 0 aromatic carbocycles. The molecular formula is C12H23N3. The quantitative estimate of drug-likeness (QED) is 0.826. The van der Waals surface area contributed by atoms with Gasteiger partial charge in [0.1, 0.15) is 0 Å². The Morgan fingerprint density at radius 1 is 1.33 bits per heavy atom. The summed E-state index contributed by atoms with van der Waals surface area (Å²) in [4.78, 5) is 0. The van der Waals surface area contributed by atoms with Crippen molar-refractivity contribution < 1.29 is 0 Å². The number of aryl methyl sites for hydroxylation is 1. The molecular weight excluding hydrogens is 186 g/mol. The summed E-state index contributed by atoms with van der Waals surface area (Å²) in [7, 11) is 1.99. The van der Waals surface area contributed by atoms with Crippen LogP contribution in [0.25, 0.3) is 0 Å². The van der Waals surface area contributed by atoms with E-state index in [1.165, 1.54) is 11.3 Å². The van der Waals surface area contributed by atoms with E-state index >= 15 is 0 Å². The molecule has 15 heavy (non-hydrogen) atoms. The lowest BCUT2D eigenvalue weighted by molar-refractivity contribution is 0.464. The van der Waals surface area contributed by atoms with Crippen LogP contribution in [0.4, 0.5) is 0 Å². The normalized spacial score (nSPS) is 15.3. The molecule has 0 saturated heterocycles. The van der Waals surface area contributed by atoms with Crippen LogP contribution in [0.3, 0.4) is 0 Å². The molecule has 3 heteroatoms. The topological polar surface area (TPSA) is 29.9 Å². The Morgan fingerprint density at radius 2 is 1.93 bits per heavy atom. The van der Waals surface area contributed by atoms with Gasteiger partial charge in [0.05, 0.1) is 5.69 Å². The van der Waals surface area contributed by atoms with Crippen molar-refractivity contribution in [1.82, 2.24) is 15.1 Å². The fourth-order valence-electron chi connectivity index (χ4n) is 2.05. The molecule has 3 nitrogen and oxygen atoms in total. The molecule has 86 valence electrons. The Kier molecular flexibility index (Phi) is 3.91. The van der Waals surface area contributed by atoms with Crippen molar-refractivity contribution in [2.75, 3.05) is 7.05 Å². The van der Waals surface area contributed by atoms with Gasteiger partial charge in [-0.3, -0.25) is 4.68 Å². The number of hydrogen-bond acceptors (Lipinski definition) is 2. The van der Waals surface area contributed by atoms with Crippen molar-refractivity contribution in [1.29, 1.82) is 0 Å². The van der Waals surface area contributed by atoms with Crippen molar-refractivity contribution in [3.63, 3.8) is 0 Å². The van der Waals surface area contributed by atoms with Gasteiger partial charge in [-0.1, -0.05) is 6.92 Å². The summed E-state index contributed by atoms with van der Waals surface area (Å²) in [5.41, 5.74) is 3.79. The van der Waals surface area contributed by atoms with E-state index in [2.05, 4.69) is 49.7 Å². The Balaban J connectivity index is 3.14. The molecule has 2 unspecified atom stereocenters. The largest absolute Gasteiger partial charge is 0.313 e. The third-order valence-electron chi connectivity index (χ3n) is 3.26. The van der Waals surface area contributed by atoms with Crippen LogP contribution in [0.2, 0.25) is 0 Å². The van der Waals surface area contributed by atoms with Gasteiger partial charge in [0.15, 0.2) is 0 Å². The van der Waals surface area contributed by atoms with Gasteiger partial charge in [-0.2, -0.15) is 5.10 Å². The molecule has 0 bridgehead atoms. The van der Waals surface area contributed by atoms with E-state index in [0.29, 0.717) is 12.1 Å². The molecule has 0 aliphatic heterocycles. The second kappa shape index (κ2) is 4.79. The zero-order chi connectivity index (χ0) is 11.6. The maximum absolute atomic E-state index is 4.63. The molecule has 0 amide bonds. The average Bonchev–Trinajstić information content (AvgIpc) is 2.52. The van der Waals surface area contributed by atoms with E-state index < -0.39 is 0 Å². The van der Waals surface area contributed by atoms with Crippen LogP contribution in [-0.2, 0) is 0 Å². The second-order valence-electron chi connectivity index (χ2n) is 4.30. The molecule has 0 fully saturated rings. The third-order valence-corrected chi connectivity index (χ3v) is 3.26. The number of nitrogens with zero attached hydrogens (tertiary/aromatic N) is 2. The summed E-state index contributed by atoms with van der Waals surface area (Å²) in [6, 6.07) is 0.865. The highest BCUT2D eigenvalue weighted by Crippen LogP contribution is 2.24. The zero-order valence-electron chi connectivity index (χ0n) is 10.8. The fourth-order valence-corrected chi connectivity index (χ4v) is 2.05. The van der Waals surface area contributed by atoms with Crippen LogP contribution in [-0.4, -0.2) is 16.8 Å². The third kappa shape index (κ3) is 2.23. The molecule has 1 aromatic heterocycles. The molecule has 1 aromatic rings. The monoisotopic (exact) mass is 209 g/mol. The molecule has 0 radical (unpaired) electrons. The molecule has 2 atom stereocenters. The van der Waals surface area contributed by atoms with Gasteiger partial charge >= 0.3 is 0 Å². The number of nitrogens with one attached hydrogen (secondary N) is 1. The number of aromatic nitrogens is 2. The molecule has 0 saturated carbocycles. The van der Waals surface area contributed by atoms with Gasteiger partial charge in [0.2, 0.25) is 0 Å². The SMILES string of the molecule is CCC(C)n1nc(C)c(C(C)NC)c1C. The minimum Gasteiger partial charge on any atom is -0.313 e. The van der Waals surface area contributed by atoms with E-state index in [0.717, 1.165) is 12.1 Å². The Hall–Kier alpha value is -0.830. The molecule has 0 spiro atoms. The lowest BCUT2D eigenvalue weighted by Crippen LogP contribution is -2.14. The smallest absolute Gasteiger partial charge is 0.0644 e. The minimum atomic E-state index is 0.378. The van der Waals surface area contributed by atoms with Gasteiger partial charge in [0.25, 0.3) is 0 Å². The first-order chi connectivity index (χ1) is 7.02. The number of rotatable bonds is 4. The standard InChI is InChI=1S/C12H23N3/c1-7-8(2)15-11(5)12(9(3)13-6)10(4)14-15/h8-9,13H,7H2,1-6H3. The van der Waals surface area contributed by atoms with Crippen LogP contribution in [0.5, 0.6) is 0 Å². The van der Waals surface area contributed by atoms with E-state index in [9.17, 15) is 0 Å². The van der Waals surface area contributed by atoms with Gasteiger partial charge in [-0.25, -0.2) is 0 Å². The lowest BCUT2D eigenvalue weighted by atomic mass is 10.1. The summed E-state index contributed by atoms with van der Waals surface area (Å²) in [5, 5.41) is 7.91. The van der Waals surface area contributed by atoms with Crippen molar-refractivity contribution in [3.8, 4) is 0 Å². The average molecular weight is 209 g/mol. The molecule has 0 aliphatic carbocycles. The van der Waals surface area contributed by atoms with Crippen LogP contribution in [0, 0.1) is 13.8 Å². The second-order valence-corrected chi connectivity index (χ2v) is 4.30. The Morgan fingerprint density at radius 3 is 2.40 bits per heavy atom. The summed E-state index contributed by atoms with van der Waals surface area (Å²) in [6.45, 7) is 10.8. The van der Waals surface area contributed by atoms with E-state index in [4.69, 9.17) is 0 Å². The van der Waals surface area contributed by atoms with Gasteiger partial charge in [-0.05, 0) is 41.2 Å². The Bertz CT molecular complexity index is 328. The van der Waals surface area contributed by atoms with Gasteiger partial charge < -0.3 is 5.32 Å². The highest BCUT2D eigenvalue weighted by Gasteiger charge is 2.17. The maximum atomic E-state index is 4.63. The minimum absolute atomic E-state index is 0.378. The molecule has 1 heterocycles. The van der Waals surface area contributed by atoms with Crippen LogP contribution in [0.1, 0.15) is 56.2 Å². The van der Waals surface area contributed by atoms with Crippen molar-refractivity contribution in [2.45, 2.75) is 53.1 Å². The fraction of sp³-hybridized carbons (Fsp3) is 0.750. The zero-order valence-corrected chi connectivity index (χ0v) is 10.8. The van der Waals surface area contributed by atoms with Gasteiger partial charge in [0, 0.05) is 23.3 Å².